The summed E-state index contributed by atoms with van der Waals surface area (Å²) < 4.78 is 27.6. The van der Waals surface area contributed by atoms with Crippen molar-refractivity contribution in [3.05, 3.63) is 88.9 Å². The van der Waals surface area contributed by atoms with Crippen LogP contribution < -0.4 is 10.0 Å². The third-order valence-corrected chi connectivity index (χ3v) is 5.48. The van der Waals surface area contributed by atoms with Crippen LogP contribution in [0, 0.1) is 6.92 Å². The smallest absolute Gasteiger partial charge is 0.261 e. The molecule has 0 aromatic heterocycles. The zero-order chi connectivity index (χ0) is 19.4. The molecule has 0 aliphatic carbocycles. The lowest BCUT2D eigenvalue weighted by atomic mass is 10.1. The van der Waals surface area contributed by atoms with E-state index >= 15 is 0 Å². The van der Waals surface area contributed by atoms with Crippen LogP contribution in [0.15, 0.2) is 77.7 Å². The summed E-state index contributed by atoms with van der Waals surface area (Å²) in [5.41, 5.74) is 2.11. The van der Waals surface area contributed by atoms with Crippen molar-refractivity contribution in [2.24, 2.45) is 0 Å². The Labute approximate surface area is 163 Å². The van der Waals surface area contributed by atoms with Crippen LogP contribution in [0.25, 0.3) is 0 Å². The van der Waals surface area contributed by atoms with Gasteiger partial charge in [-0.1, -0.05) is 35.9 Å². The molecule has 0 radical (unpaired) electrons. The van der Waals surface area contributed by atoms with Crippen LogP contribution in [0.5, 0.6) is 0 Å². The van der Waals surface area contributed by atoms with Gasteiger partial charge in [-0.15, -0.1) is 0 Å². The van der Waals surface area contributed by atoms with Gasteiger partial charge in [0, 0.05) is 22.0 Å². The van der Waals surface area contributed by atoms with Crippen molar-refractivity contribution in [3.8, 4) is 0 Å². The first-order valence-corrected chi connectivity index (χ1v) is 9.97. The standard InChI is InChI=1S/C20H17ClN2O3S/c1-14-12-16(21)10-11-19(14)22-20(24)15-6-5-9-18(13-15)27(25,26)23-17-7-3-2-4-8-17/h2-13,23H,1H3,(H,22,24). The number of hydrogen-bond donors (Lipinski definition) is 2. The summed E-state index contributed by atoms with van der Waals surface area (Å²) in [4.78, 5) is 12.5. The second-order valence-corrected chi connectivity index (χ2v) is 8.03. The van der Waals surface area contributed by atoms with Crippen molar-refractivity contribution in [3.63, 3.8) is 0 Å². The molecule has 0 saturated carbocycles. The van der Waals surface area contributed by atoms with E-state index in [0.29, 0.717) is 16.4 Å². The van der Waals surface area contributed by atoms with Gasteiger partial charge in [0.25, 0.3) is 15.9 Å². The van der Waals surface area contributed by atoms with Crippen LogP contribution in [0.1, 0.15) is 15.9 Å². The molecule has 27 heavy (non-hydrogen) atoms. The zero-order valence-corrected chi connectivity index (χ0v) is 16.0. The fourth-order valence-corrected chi connectivity index (χ4v) is 3.82. The fourth-order valence-electron chi connectivity index (χ4n) is 2.49. The van der Waals surface area contributed by atoms with Crippen LogP contribution in [0.3, 0.4) is 0 Å². The molecule has 3 aromatic carbocycles. The van der Waals surface area contributed by atoms with Crippen molar-refractivity contribution in [2.75, 3.05) is 10.0 Å². The largest absolute Gasteiger partial charge is 0.322 e. The molecule has 0 unspecified atom stereocenters. The minimum Gasteiger partial charge on any atom is -0.322 e. The molecule has 138 valence electrons. The van der Waals surface area contributed by atoms with Crippen LogP contribution >= 0.6 is 11.6 Å². The maximum Gasteiger partial charge on any atom is 0.261 e. The highest BCUT2D eigenvalue weighted by molar-refractivity contribution is 7.92. The lowest BCUT2D eigenvalue weighted by Gasteiger charge is -2.11. The minimum absolute atomic E-state index is 0.00633. The van der Waals surface area contributed by atoms with Gasteiger partial charge in [-0.2, -0.15) is 0 Å². The highest BCUT2D eigenvalue weighted by Gasteiger charge is 2.17. The quantitative estimate of drug-likeness (QED) is 0.651. The summed E-state index contributed by atoms with van der Waals surface area (Å²) in [6.45, 7) is 1.83. The lowest BCUT2D eigenvalue weighted by Crippen LogP contribution is -2.16. The molecule has 3 aromatic rings. The van der Waals surface area contributed by atoms with E-state index in [9.17, 15) is 13.2 Å². The Morgan fingerprint density at radius 1 is 0.926 bits per heavy atom. The van der Waals surface area contributed by atoms with Crippen molar-refractivity contribution >= 4 is 38.9 Å². The second kappa shape index (κ2) is 7.82. The number of carbonyl (C=O) groups is 1. The van der Waals surface area contributed by atoms with Gasteiger partial charge in [-0.05, 0) is 61.0 Å². The van der Waals surface area contributed by atoms with Crippen LogP contribution in [0.2, 0.25) is 5.02 Å². The van der Waals surface area contributed by atoms with Crippen molar-refractivity contribution in [2.45, 2.75) is 11.8 Å². The Morgan fingerprint density at radius 3 is 2.37 bits per heavy atom. The maximum atomic E-state index is 12.6. The molecule has 0 aliphatic rings. The second-order valence-electron chi connectivity index (χ2n) is 5.91. The molecule has 0 saturated heterocycles. The Bertz CT molecular complexity index is 1080. The molecule has 0 spiro atoms. The molecular formula is C20H17ClN2O3S. The van der Waals surface area contributed by atoms with Gasteiger partial charge in [-0.3, -0.25) is 9.52 Å². The first-order chi connectivity index (χ1) is 12.8. The monoisotopic (exact) mass is 400 g/mol. The number of para-hydroxylation sites is 1. The van der Waals surface area contributed by atoms with E-state index in [0.717, 1.165) is 5.56 Å². The molecule has 7 heteroatoms. The van der Waals surface area contributed by atoms with E-state index in [1.54, 1.807) is 54.6 Å². The normalized spacial score (nSPS) is 11.0. The molecule has 0 heterocycles. The summed E-state index contributed by atoms with van der Waals surface area (Å²) in [7, 11) is -3.80. The van der Waals surface area contributed by atoms with Crippen LogP contribution in [0.4, 0.5) is 11.4 Å². The van der Waals surface area contributed by atoms with E-state index in [2.05, 4.69) is 10.0 Å². The number of anilines is 2. The first-order valence-electron chi connectivity index (χ1n) is 8.10. The fraction of sp³-hybridized carbons (Fsp3) is 0.0500. The lowest BCUT2D eigenvalue weighted by molar-refractivity contribution is 0.102. The molecule has 0 fully saturated rings. The summed E-state index contributed by atoms with van der Waals surface area (Å²) in [5.74, 6) is -0.405. The Balaban J connectivity index is 1.83. The van der Waals surface area contributed by atoms with Gasteiger partial charge < -0.3 is 5.32 Å². The SMILES string of the molecule is Cc1cc(Cl)ccc1NC(=O)c1cccc(S(=O)(=O)Nc2ccccc2)c1. The number of aryl methyl sites for hydroxylation is 1. The van der Waals surface area contributed by atoms with E-state index in [1.165, 1.54) is 18.2 Å². The predicted molar refractivity (Wildman–Crippen MR) is 108 cm³/mol. The summed E-state index contributed by atoms with van der Waals surface area (Å²) in [5, 5.41) is 3.34. The van der Waals surface area contributed by atoms with Crippen molar-refractivity contribution < 1.29 is 13.2 Å². The Hall–Kier alpha value is -2.83. The van der Waals surface area contributed by atoms with Gasteiger partial charge in [-0.25, -0.2) is 8.42 Å². The number of carbonyl (C=O) groups excluding carboxylic acids is 1. The number of sulfonamides is 1. The summed E-state index contributed by atoms with van der Waals surface area (Å²) >= 11 is 5.92. The molecule has 0 aliphatic heterocycles. The van der Waals surface area contributed by atoms with Gasteiger partial charge in [0.2, 0.25) is 0 Å². The molecule has 1 amide bonds. The number of benzene rings is 3. The Morgan fingerprint density at radius 2 is 1.67 bits per heavy atom. The number of nitrogens with one attached hydrogen (secondary N) is 2. The number of hydrogen-bond acceptors (Lipinski definition) is 3. The van der Waals surface area contributed by atoms with Gasteiger partial charge in [0.05, 0.1) is 4.90 Å². The average Bonchev–Trinajstić information content (AvgIpc) is 2.64. The third kappa shape index (κ3) is 4.67. The number of amides is 1. The molecule has 3 rings (SSSR count). The van der Waals surface area contributed by atoms with Crippen molar-refractivity contribution in [1.29, 1.82) is 0 Å². The predicted octanol–water partition coefficient (Wildman–Crippen LogP) is 4.70. The third-order valence-electron chi connectivity index (χ3n) is 3.87. The summed E-state index contributed by atoms with van der Waals surface area (Å²) in [6.07, 6.45) is 0. The molecule has 0 atom stereocenters. The van der Waals surface area contributed by atoms with E-state index in [4.69, 9.17) is 11.6 Å². The van der Waals surface area contributed by atoms with Gasteiger partial charge in [0.1, 0.15) is 0 Å². The first kappa shape index (κ1) is 18.9. The van der Waals surface area contributed by atoms with Crippen LogP contribution in [-0.4, -0.2) is 14.3 Å². The highest BCUT2D eigenvalue weighted by atomic mass is 35.5. The number of rotatable bonds is 5. The van der Waals surface area contributed by atoms with Crippen molar-refractivity contribution in [1.82, 2.24) is 0 Å². The Kier molecular flexibility index (Phi) is 5.48. The molecular weight excluding hydrogens is 384 g/mol. The topological polar surface area (TPSA) is 75.3 Å². The molecule has 0 bridgehead atoms. The molecule has 5 nitrogen and oxygen atoms in total. The molecule has 2 N–H and O–H groups in total. The van der Waals surface area contributed by atoms with E-state index in [1.807, 2.05) is 6.92 Å². The minimum atomic E-state index is -3.80. The van der Waals surface area contributed by atoms with Gasteiger partial charge in [0.15, 0.2) is 0 Å². The van der Waals surface area contributed by atoms with E-state index in [-0.39, 0.29) is 10.5 Å². The number of halogens is 1. The zero-order valence-electron chi connectivity index (χ0n) is 14.4. The van der Waals surface area contributed by atoms with Crippen LogP contribution in [-0.2, 0) is 10.0 Å². The summed E-state index contributed by atoms with van der Waals surface area (Å²) in [6, 6.07) is 19.5. The average molecular weight is 401 g/mol. The highest BCUT2D eigenvalue weighted by Crippen LogP contribution is 2.21. The van der Waals surface area contributed by atoms with E-state index < -0.39 is 15.9 Å². The van der Waals surface area contributed by atoms with Gasteiger partial charge >= 0.3 is 0 Å². The maximum absolute atomic E-state index is 12.6.